The van der Waals surface area contributed by atoms with Gasteiger partial charge in [-0.3, -0.25) is 0 Å². The highest BCUT2D eigenvalue weighted by atomic mass is 32.1. The molecule has 0 saturated carbocycles. The van der Waals surface area contributed by atoms with Crippen LogP contribution in [-0.4, -0.2) is 24.1 Å². The molecule has 0 fully saturated rings. The zero-order chi connectivity index (χ0) is 20.6. The zero-order valence-electron chi connectivity index (χ0n) is 15.0. The summed E-state index contributed by atoms with van der Waals surface area (Å²) >= 11 is 5.15. The van der Waals surface area contributed by atoms with Gasteiger partial charge < -0.3 is 20.1 Å². The van der Waals surface area contributed by atoms with Crippen LogP contribution in [0.1, 0.15) is 30.1 Å². The summed E-state index contributed by atoms with van der Waals surface area (Å²) in [6.07, 6.45) is -3.02. The number of thiocarbonyl (C=S) groups is 1. The molecule has 0 unspecified atom stereocenters. The Kier molecular flexibility index (Phi) is 7.62. The number of alkyl halides is 3. The van der Waals surface area contributed by atoms with Gasteiger partial charge in [0.1, 0.15) is 5.75 Å². The lowest BCUT2D eigenvalue weighted by molar-refractivity contribution is -0.274. The van der Waals surface area contributed by atoms with Gasteiger partial charge in [0.15, 0.2) is 5.11 Å². The largest absolute Gasteiger partial charge is 0.573 e. The first-order chi connectivity index (χ1) is 13.3. The van der Waals surface area contributed by atoms with Crippen molar-refractivity contribution in [2.75, 3.05) is 17.2 Å². The van der Waals surface area contributed by atoms with Crippen LogP contribution in [0.5, 0.6) is 5.75 Å². The van der Waals surface area contributed by atoms with Crippen molar-refractivity contribution in [3.05, 3.63) is 54.1 Å². The fraction of sp³-hybridized carbons (Fsp3) is 0.263. The minimum Gasteiger partial charge on any atom is -0.462 e. The standard InChI is InChI=1S/C19H19F3N2O3S/c1-2-3-11-26-17(25)13-7-9-14(10-8-13)23-18(28)24-15-5-4-6-16(12-15)27-19(20,21)22/h4-10,12H,2-3,11H2,1H3,(H2,23,24,28). The van der Waals surface area contributed by atoms with E-state index in [1.807, 2.05) is 6.92 Å². The van der Waals surface area contributed by atoms with E-state index in [4.69, 9.17) is 17.0 Å². The number of nitrogens with one attached hydrogen (secondary N) is 2. The first-order valence-electron chi connectivity index (χ1n) is 8.48. The van der Waals surface area contributed by atoms with Crippen molar-refractivity contribution in [3.63, 3.8) is 0 Å². The van der Waals surface area contributed by atoms with Crippen LogP contribution in [0.15, 0.2) is 48.5 Å². The molecule has 0 amide bonds. The molecular weight excluding hydrogens is 393 g/mol. The molecule has 5 nitrogen and oxygen atoms in total. The fourth-order valence-corrected chi connectivity index (χ4v) is 2.38. The van der Waals surface area contributed by atoms with Crippen molar-refractivity contribution in [2.45, 2.75) is 26.1 Å². The second kappa shape index (κ2) is 9.93. The van der Waals surface area contributed by atoms with Gasteiger partial charge in [0.25, 0.3) is 0 Å². The highest BCUT2D eigenvalue weighted by Gasteiger charge is 2.31. The number of anilines is 2. The zero-order valence-corrected chi connectivity index (χ0v) is 15.8. The van der Waals surface area contributed by atoms with E-state index in [1.54, 1.807) is 30.3 Å². The quantitative estimate of drug-likeness (QED) is 0.363. The summed E-state index contributed by atoms with van der Waals surface area (Å²) in [5, 5.41) is 5.82. The molecule has 0 spiro atoms. The number of esters is 1. The Morgan fingerprint density at radius 2 is 1.75 bits per heavy atom. The van der Waals surface area contributed by atoms with Crippen molar-refractivity contribution in [2.24, 2.45) is 0 Å². The highest BCUT2D eigenvalue weighted by molar-refractivity contribution is 7.80. The first kappa shape index (κ1) is 21.5. The van der Waals surface area contributed by atoms with E-state index in [-0.39, 0.29) is 10.9 Å². The molecule has 0 aliphatic carbocycles. The Morgan fingerprint density at radius 3 is 2.39 bits per heavy atom. The molecule has 9 heteroatoms. The van der Waals surface area contributed by atoms with Crippen LogP contribution in [0.3, 0.4) is 0 Å². The van der Waals surface area contributed by atoms with E-state index in [2.05, 4.69) is 15.4 Å². The topological polar surface area (TPSA) is 59.6 Å². The molecule has 0 aliphatic heterocycles. The molecule has 2 N–H and O–H groups in total. The number of hydrogen-bond acceptors (Lipinski definition) is 4. The maximum absolute atomic E-state index is 12.3. The molecule has 0 atom stereocenters. The van der Waals surface area contributed by atoms with Crippen molar-refractivity contribution in [3.8, 4) is 5.75 Å². The Bertz CT molecular complexity index is 811. The van der Waals surface area contributed by atoms with Gasteiger partial charge in [0.2, 0.25) is 0 Å². The second-order valence-corrected chi connectivity index (χ2v) is 6.13. The molecule has 0 saturated heterocycles. The van der Waals surface area contributed by atoms with Crippen LogP contribution >= 0.6 is 12.2 Å². The van der Waals surface area contributed by atoms with Crippen LogP contribution < -0.4 is 15.4 Å². The lowest BCUT2D eigenvalue weighted by Gasteiger charge is -2.13. The van der Waals surface area contributed by atoms with Crippen molar-refractivity contribution in [1.29, 1.82) is 0 Å². The van der Waals surface area contributed by atoms with Crippen molar-refractivity contribution < 1.29 is 27.4 Å². The summed E-state index contributed by atoms with van der Waals surface area (Å²) in [7, 11) is 0. The first-order valence-corrected chi connectivity index (χ1v) is 8.88. The van der Waals surface area contributed by atoms with Gasteiger partial charge in [0.05, 0.1) is 12.2 Å². The van der Waals surface area contributed by atoms with Crippen LogP contribution in [0.2, 0.25) is 0 Å². The molecule has 0 aromatic heterocycles. The normalized spacial score (nSPS) is 10.9. The van der Waals surface area contributed by atoms with E-state index in [1.165, 1.54) is 18.2 Å². The van der Waals surface area contributed by atoms with Gasteiger partial charge in [-0.25, -0.2) is 4.79 Å². The number of ether oxygens (including phenoxy) is 2. The molecule has 0 aliphatic rings. The van der Waals surface area contributed by atoms with Gasteiger partial charge >= 0.3 is 12.3 Å². The Morgan fingerprint density at radius 1 is 1.07 bits per heavy atom. The fourth-order valence-electron chi connectivity index (χ4n) is 2.15. The van der Waals surface area contributed by atoms with Crippen LogP contribution in [0.4, 0.5) is 24.5 Å². The van der Waals surface area contributed by atoms with E-state index < -0.39 is 12.3 Å². The molecule has 2 aromatic rings. The van der Waals surface area contributed by atoms with Gasteiger partial charge in [-0.2, -0.15) is 0 Å². The molecule has 0 radical (unpaired) electrons. The molecule has 2 rings (SSSR count). The number of rotatable bonds is 7. The minimum atomic E-state index is -4.77. The number of carbonyl (C=O) groups is 1. The van der Waals surface area contributed by atoms with Crippen molar-refractivity contribution in [1.82, 2.24) is 0 Å². The monoisotopic (exact) mass is 412 g/mol. The lowest BCUT2D eigenvalue weighted by atomic mass is 10.2. The summed E-state index contributed by atoms with van der Waals surface area (Å²) in [5.74, 6) is -0.756. The van der Waals surface area contributed by atoms with Gasteiger partial charge in [-0.05, 0) is 55.0 Å². The predicted octanol–water partition coefficient (Wildman–Crippen LogP) is 5.35. The second-order valence-electron chi connectivity index (χ2n) is 5.72. The van der Waals surface area contributed by atoms with E-state index in [9.17, 15) is 18.0 Å². The Labute approximate surface area is 165 Å². The van der Waals surface area contributed by atoms with Crippen LogP contribution in [0, 0.1) is 0 Å². The molecular formula is C19H19F3N2O3S. The number of halogens is 3. The van der Waals surface area contributed by atoms with Crippen LogP contribution in [-0.2, 0) is 4.74 Å². The molecule has 0 heterocycles. The predicted molar refractivity (Wildman–Crippen MR) is 105 cm³/mol. The average molecular weight is 412 g/mol. The number of benzene rings is 2. The third-order valence-corrected chi connectivity index (χ3v) is 3.64. The maximum Gasteiger partial charge on any atom is 0.573 e. The number of hydrogen-bond donors (Lipinski definition) is 2. The van der Waals surface area contributed by atoms with Gasteiger partial charge in [-0.1, -0.05) is 19.4 Å². The van der Waals surface area contributed by atoms with Gasteiger partial charge in [-0.15, -0.1) is 13.2 Å². The summed E-state index contributed by atoms with van der Waals surface area (Å²) < 4.78 is 45.8. The van der Waals surface area contributed by atoms with Crippen LogP contribution in [0.25, 0.3) is 0 Å². The maximum atomic E-state index is 12.3. The Hall–Kier alpha value is -2.81. The molecule has 28 heavy (non-hydrogen) atoms. The lowest BCUT2D eigenvalue weighted by Crippen LogP contribution is -2.20. The van der Waals surface area contributed by atoms with Gasteiger partial charge in [0, 0.05) is 17.4 Å². The number of unbranched alkanes of at least 4 members (excludes halogenated alkanes) is 1. The third-order valence-electron chi connectivity index (χ3n) is 3.44. The average Bonchev–Trinajstić information content (AvgIpc) is 2.61. The smallest absolute Gasteiger partial charge is 0.462 e. The van der Waals surface area contributed by atoms with Crippen molar-refractivity contribution >= 4 is 34.7 Å². The highest BCUT2D eigenvalue weighted by Crippen LogP contribution is 2.25. The van der Waals surface area contributed by atoms with E-state index in [0.717, 1.165) is 12.8 Å². The molecule has 0 bridgehead atoms. The summed E-state index contributed by atoms with van der Waals surface area (Å²) in [5.41, 5.74) is 1.35. The van der Waals surface area contributed by atoms with E-state index >= 15 is 0 Å². The molecule has 2 aromatic carbocycles. The minimum absolute atomic E-state index is 0.169. The Balaban J connectivity index is 1.91. The summed E-state index contributed by atoms with van der Waals surface area (Å²) in [6.45, 7) is 2.38. The SMILES string of the molecule is CCCCOC(=O)c1ccc(NC(=S)Nc2cccc(OC(F)(F)F)c2)cc1. The third kappa shape index (κ3) is 7.43. The summed E-state index contributed by atoms with van der Waals surface area (Å²) in [6, 6.07) is 11.8. The number of carbonyl (C=O) groups excluding carboxylic acids is 1. The van der Waals surface area contributed by atoms with E-state index in [0.29, 0.717) is 23.5 Å². The summed E-state index contributed by atoms with van der Waals surface area (Å²) in [4.78, 5) is 11.9. The molecule has 150 valence electrons.